The zero-order valence-electron chi connectivity index (χ0n) is 14.2. The van der Waals surface area contributed by atoms with E-state index in [0.717, 1.165) is 0 Å². The van der Waals surface area contributed by atoms with Crippen molar-refractivity contribution in [2.45, 2.75) is 0 Å². The van der Waals surface area contributed by atoms with Gasteiger partial charge in [-0.1, -0.05) is 41.9 Å². The van der Waals surface area contributed by atoms with Crippen LogP contribution < -0.4 is 16.0 Å². The number of thiocarbonyl (C=S) groups is 1. The molecule has 6 nitrogen and oxygen atoms in total. The second-order valence-corrected chi connectivity index (χ2v) is 6.14. The third-order valence-corrected chi connectivity index (χ3v) is 3.92. The van der Waals surface area contributed by atoms with Gasteiger partial charge in [0.2, 0.25) is 5.91 Å². The van der Waals surface area contributed by atoms with Gasteiger partial charge in [-0.2, -0.15) is 0 Å². The lowest BCUT2D eigenvalue weighted by Gasteiger charge is -2.12. The third-order valence-electron chi connectivity index (χ3n) is 3.37. The Hall–Kier alpha value is -2.74. The monoisotopic (exact) mass is 403 g/mol. The molecule has 0 fully saturated rings. The van der Waals surface area contributed by atoms with E-state index < -0.39 is 5.91 Å². The van der Waals surface area contributed by atoms with Crippen molar-refractivity contribution in [1.29, 1.82) is 0 Å². The smallest absolute Gasteiger partial charge is 0.253 e. The fraction of sp³-hybridized carbons (Fsp3) is 0.105. The second-order valence-electron chi connectivity index (χ2n) is 5.32. The molecule has 0 saturated carbocycles. The molecule has 0 unspecified atom stereocenters. The number of halogens is 1. The molecule has 27 heavy (non-hydrogen) atoms. The third kappa shape index (κ3) is 6.49. The molecule has 8 heteroatoms. The van der Waals surface area contributed by atoms with Crippen LogP contribution in [-0.4, -0.2) is 35.2 Å². The SMILES string of the molecule is O=C(/C=C/c1ccccc1Cl)NC(=S)Nc1ccccc1C(=O)NCCO. The van der Waals surface area contributed by atoms with Crippen LogP contribution in [0.5, 0.6) is 0 Å². The van der Waals surface area contributed by atoms with E-state index in [1.165, 1.54) is 6.08 Å². The Morgan fingerprint density at radius 2 is 1.81 bits per heavy atom. The topological polar surface area (TPSA) is 90.5 Å². The van der Waals surface area contributed by atoms with Crippen LogP contribution in [0.3, 0.4) is 0 Å². The van der Waals surface area contributed by atoms with Crippen LogP contribution in [0.2, 0.25) is 5.02 Å². The van der Waals surface area contributed by atoms with Gasteiger partial charge in [0.05, 0.1) is 17.9 Å². The summed E-state index contributed by atoms with van der Waals surface area (Å²) in [5, 5.41) is 17.3. The van der Waals surface area contributed by atoms with Crippen molar-refractivity contribution in [3.8, 4) is 0 Å². The van der Waals surface area contributed by atoms with Crippen molar-refractivity contribution in [2.75, 3.05) is 18.5 Å². The van der Waals surface area contributed by atoms with E-state index in [0.29, 0.717) is 21.8 Å². The number of anilines is 1. The molecule has 0 aliphatic rings. The average Bonchev–Trinajstić information content (AvgIpc) is 2.65. The Labute approximate surface area is 167 Å². The highest BCUT2D eigenvalue weighted by atomic mass is 35.5. The number of benzene rings is 2. The molecular formula is C19H18ClN3O3S. The minimum Gasteiger partial charge on any atom is -0.395 e. The van der Waals surface area contributed by atoms with Crippen LogP contribution in [0.1, 0.15) is 15.9 Å². The molecule has 2 rings (SSSR count). The average molecular weight is 404 g/mol. The first kappa shape index (κ1) is 20.6. The number of carbonyl (C=O) groups excluding carboxylic acids is 2. The van der Waals surface area contributed by atoms with Gasteiger partial charge < -0.3 is 15.7 Å². The van der Waals surface area contributed by atoms with Crippen LogP contribution >= 0.6 is 23.8 Å². The lowest BCUT2D eigenvalue weighted by Crippen LogP contribution is -2.34. The second kappa shape index (κ2) is 10.4. The zero-order valence-corrected chi connectivity index (χ0v) is 15.8. The number of hydrogen-bond donors (Lipinski definition) is 4. The lowest BCUT2D eigenvalue weighted by atomic mass is 10.1. The summed E-state index contributed by atoms with van der Waals surface area (Å²) >= 11 is 11.2. The van der Waals surface area contributed by atoms with Gasteiger partial charge >= 0.3 is 0 Å². The highest BCUT2D eigenvalue weighted by Crippen LogP contribution is 2.16. The predicted octanol–water partition coefficient (Wildman–Crippen LogP) is 2.59. The van der Waals surface area contributed by atoms with E-state index in [1.807, 2.05) is 6.07 Å². The number of carbonyl (C=O) groups is 2. The minimum absolute atomic E-state index is 0.0474. The predicted molar refractivity (Wildman–Crippen MR) is 111 cm³/mol. The number of rotatable bonds is 6. The van der Waals surface area contributed by atoms with E-state index in [1.54, 1.807) is 48.5 Å². The van der Waals surface area contributed by atoms with Gasteiger partial charge in [0.25, 0.3) is 5.91 Å². The standard InChI is InChI=1S/C19H18ClN3O3S/c20-15-7-3-1-5-13(15)9-10-17(25)23-19(27)22-16-8-4-2-6-14(16)18(26)21-11-12-24/h1-10,24H,11-12H2,(H,21,26)(H2,22,23,25,27)/b10-9+. The summed E-state index contributed by atoms with van der Waals surface area (Å²) in [6, 6.07) is 13.8. The molecule has 0 aromatic heterocycles. The summed E-state index contributed by atoms with van der Waals surface area (Å²) in [7, 11) is 0. The van der Waals surface area contributed by atoms with Crippen molar-refractivity contribution >= 4 is 52.5 Å². The van der Waals surface area contributed by atoms with E-state index >= 15 is 0 Å². The molecular weight excluding hydrogens is 386 g/mol. The molecule has 0 spiro atoms. The molecule has 0 aliphatic heterocycles. The number of para-hydroxylation sites is 1. The number of amides is 2. The van der Waals surface area contributed by atoms with Gasteiger partial charge in [0.15, 0.2) is 5.11 Å². The van der Waals surface area contributed by atoms with Gasteiger partial charge in [0, 0.05) is 17.6 Å². The highest BCUT2D eigenvalue weighted by Gasteiger charge is 2.12. The van der Waals surface area contributed by atoms with Gasteiger partial charge in [-0.05, 0) is 42.1 Å². The van der Waals surface area contributed by atoms with Crippen LogP contribution in [0, 0.1) is 0 Å². The summed E-state index contributed by atoms with van der Waals surface area (Å²) in [5.41, 5.74) is 1.49. The molecule has 0 saturated heterocycles. The van der Waals surface area contributed by atoms with E-state index in [-0.39, 0.29) is 24.2 Å². The molecule has 2 amide bonds. The van der Waals surface area contributed by atoms with Crippen molar-refractivity contribution in [2.24, 2.45) is 0 Å². The molecule has 2 aromatic carbocycles. The normalized spacial score (nSPS) is 10.4. The maximum atomic E-state index is 12.1. The summed E-state index contributed by atoms with van der Waals surface area (Å²) in [6.07, 6.45) is 2.89. The van der Waals surface area contributed by atoms with Gasteiger partial charge in [-0.25, -0.2) is 0 Å². The maximum absolute atomic E-state index is 12.1. The molecule has 0 heterocycles. The Bertz CT molecular complexity index is 871. The van der Waals surface area contributed by atoms with E-state index in [2.05, 4.69) is 16.0 Å². The molecule has 0 radical (unpaired) electrons. The molecule has 4 N–H and O–H groups in total. The fourth-order valence-corrected chi connectivity index (χ4v) is 2.55. The summed E-state index contributed by atoms with van der Waals surface area (Å²) < 4.78 is 0. The van der Waals surface area contributed by atoms with Gasteiger partial charge in [0.1, 0.15) is 0 Å². The van der Waals surface area contributed by atoms with E-state index in [9.17, 15) is 9.59 Å². The largest absolute Gasteiger partial charge is 0.395 e. The van der Waals surface area contributed by atoms with Crippen LogP contribution in [0.4, 0.5) is 5.69 Å². The molecule has 140 valence electrons. The molecule has 0 atom stereocenters. The van der Waals surface area contributed by atoms with Gasteiger partial charge in [-0.3, -0.25) is 14.9 Å². The number of aliphatic hydroxyl groups excluding tert-OH is 1. The quantitative estimate of drug-likeness (QED) is 0.439. The van der Waals surface area contributed by atoms with Crippen LogP contribution in [0.15, 0.2) is 54.6 Å². The first-order valence-corrected chi connectivity index (χ1v) is 8.82. The first-order valence-electron chi connectivity index (χ1n) is 8.04. The molecule has 2 aromatic rings. The van der Waals surface area contributed by atoms with Crippen molar-refractivity contribution in [1.82, 2.24) is 10.6 Å². The highest BCUT2D eigenvalue weighted by molar-refractivity contribution is 7.80. The lowest BCUT2D eigenvalue weighted by molar-refractivity contribution is -0.115. The van der Waals surface area contributed by atoms with Crippen molar-refractivity contribution < 1.29 is 14.7 Å². The van der Waals surface area contributed by atoms with Crippen molar-refractivity contribution in [3.63, 3.8) is 0 Å². The summed E-state index contributed by atoms with van der Waals surface area (Å²) in [4.78, 5) is 24.1. The first-order chi connectivity index (χ1) is 13.0. The maximum Gasteiger partial charge on any atom is 0.253 e. The Kier molecular flexibility index (Phi) is 7.94. The Morgan fingerprint density at radius 3 is 2.56 bits per heavy atom. The van der Waals surface area contributed by atoms with Crippen LogP contribution in [0.25, 0.3) is 6.08 Å². The Balaban J connectivity index is 1.98. The number of hydrogen-bond acceptors (Lipinski definition) is 4. The van der Waals surface area contributed by atoms with E-state index in [4.69, 9.17) is 28.9 Å². The summed E-state index contributed by atoms with van der Waals surface area (Å²) in [5.74, 6) is -0.797. The molecule has 0 aliphatic carbocycles. The molecule has 0 bridgehead atoms. The minimum atomic E-state index is -0.436. The van der Waals surface area contributed by atoms with Crippen LogP contribution in [-0.2, 0) is 4.79 Å². The summed E-state index contributed by atoms with van der Waals surface area (Å²) in [6.45, 7) is -0.0191. The van der Waals surface area contributed by atoms with Gasteiger partial charge in [-0.15, -0.1) is 0 Å². The van der Waals surface area contributed by atoms with Crippen molar-refractivity contribution in [3.05, 3.63) is 70.8 Å². The number of nitrogens with one attached hydrogen (secondary N) is 3. The fourth-order valence-electron chi connectivity index (χ4n) is 2.14. The zero-order chi connectivity index (χ0) is 19.6. The number of aliphatic hydroxyl groups is 1. The Morgan fingerprint density at radius 1 is 1.11 bits per heavy atom.